The van der Waals surface area contributed by atoms with Gasteiger partial charge in [-0.25, -0.2) is 9.59 Å². The molecule has 3 fully saturated rings. The van der Waals surface area contributed by atoms with E-state index in [1.165, 1.54) is 11.0 Å². The van der Waals surface area contributed by atoms with E-state index in [1.54, 1.807) is 20.8 Å². The van der Waals surface area contributed by atoms with Gasteiger partial charge in [0.1, 0.15) is 23.2 Å². The monoisotopic (exact) mass is 619 g/mol. The number of rotatable bonds is 10. The quantitative estimate of drug-likeness (QED) is 0.321. The van der Waals surface area contributed by atoms with Gasteiger partial charge >= 0.3 is 12.1 Å². The summed E-state index contributed by atoms with van der Waals surface area (Å²) in [6, 6.07) is 12.2. The van der Waals surface area contributed by atoms with Crippen molar-refractivity contribution in [1.29, 1.82) is 0 Å². The predicted molar refractivity (Wildman–Crippen MR) is 169 cm³/mol. The molecule has 3 unspecified atom stereocenters. The van der Waals surface area contributed by atoms with Crippen LogP contribution in [0.4, 0.5) is 4.79 Å². The SMILES string of the molecule is C=CC1CC1(NC(=O)[C@@H]1CC(OCc2cccc3ccccc23)CN1C(=O)[C@@H](NC(=O)OC(C)(C)C)C1CCCCC1)C(=O)O. The molecular formula is C35H45N3O7. The lowest BCUT2D eigenvalue weighted by atomic mass is 9.83. The number of carbonyl (C=O) groups is 4. The summed E-state index contributed by atoms with van der Waals surface area (Å²) in [5.74, 6) is -2.58. The number of amides is 3. The Hall–Kier alpha value is -3.92. The fourth-order valence-corrected chi connectivity index (χ4v) is 6.82. The van der Waals surface area contributed by atoms with Crippen molar-refractivity contribution in [3.8, 4) is 0 Å². The van der Waals surface area contributed by atoms with Gasteiger partial charge in [-0.05, 0) is 62.3 Å². The highest BCUT2D eigenvalue weighted by Gasteiger charge is 2.61. The number of benzene rings is 2. The van der Waals surface area contributed by atoms with Crippen LogP contribution in [-0.4, -0.2) is 69.8 Å². The summed E-state index contributed by atoms with van der Waals surface area (Å²) in [7, 11) is 0. The van der Waals surface area contributed by atoms with Gasteiger partial charge in [-0.2, -0.15) is 0 Å². The molecule has 0 bridgehead atoms. The van der Waals surface area contributed by atoms with Crippen molar-refractivity contribution in [2.24, 2.45) is 11.8 Å². The van der Waals surface area contributed by atoms with Crippen LogP contribution in [0, 0.1) is 11.8 Å². The molecule has 5 rings (SSSR count). The molecule has 2 aliphatic carbocycles. The Kier molecular flexibility index (Phi) is 9.53. The van der Waals surface area contributed by atoms with E-state index in [0.717, 1.165) is 48.4 Å². The number of hydrogen-bond acceptors (Lipinski definition) is 6. The number of carboxylic acids is 1. The molecule has 2 saturated carbocycles. The highest BCUT2D eigenvalue weighted by atomic mass is 16.6. The number of fused-ring (bicyclic) bond motifs is 1. The van der Waals surface area contributed by atoms with Crippen LogP contribution in [0.3, 0.4) is 0 Å². The van der Waals surface area contributed by atoms with E-state index in [9.17, 15) is 24.3 Å². The Labute approximate surface area is 264 Å². The van der Waals surface area contributed by atoms with Gasteiger partial charge in [0.15, 0.2) is 0 Å². The number of carbonyl (C=O) groups excluding carboxylic acids is 3. The van der Waals surface area contributed by atoms with Gasteiger partial charge in [0.05, 0.1) is 12.7 Å². The molecule has 1 aliphatic heterocycles. The summed E-state index contributed by atoms with van der Waals surface area (Å²) in [6.07, 6.45) is 5.27. The molecule has 2 aromatic rings. The first-order chi connectivity index (χ1) is 21.4. The molecule has 3 aliphatic rings. The normalized spacial score (nSPS) is 25.8. The molecule has 0 radical (unpaired) electrons. The van der Waals surface area contributed by atoms with Crippen molar-refractivity contribution in [1.82, 2.24) is 15.5 Å². The molecule has 10 nitrogen and oxygen atoms in total. The number of nitrogens with one attached hydrogen (secondary N) is 2. The summed E-state index contributed by atoms with van der Waals surface area (Å²) < 4.78 is 11.9. The number of nitrogens with zero attached hydrogens (tertiary/aromatic N) is 1. The van der Waals surface area contributed by atoms with Crippen LogP contribution in [-0.2, 0) is 30.5 Å². The van der Waals surface area contributed by atoms with Gasteiger partial charge in [-0.15, -0.1) is 6.58 Å². The smallest absolute Gasteiger partial charge is 0.408 e. The average molecular weight is 620 g/mol. The molecule has 1 heterocycles. The Morgan fingerprint density at radius 3 is 2.47 bits per heavy atom. The van der Waals surface area contributed by atoms with Crippen LogP contribution in [0.2, 0.25) is 0 Å². The fourth-order valence-electron chi connectivity index (χ4n) is 6.82. The van der Waals surface area contributed by atoms with E-state index < -0.39 is 53.2 Å². The molecule has 242 valence electrons. The fraction of sp³-hybridized carbons (Fsp3) is 0.543. The average Bonchev–Trinajstić information content (AvgIpc) is 3.56. The minimum Gasteiger partial charge on any atom is -0.479 e. The summed E-state index contributed by atoms with van der Waals surface area (Å²) in [5, 5.41) is 17.7. The van der Waals surface area contributed by atoms with E-state index in [1.807, 2.05) is 42.5 Å². The Bertz CT molecular complexity index is 1440. The van der Waals surface area contributed by atoms with Crippen LogP contribution in [0.15, 0.2) is 55.1 Å². The van der Waals surface area contributed by atoms with Gasteiger partial charge in [0.25, 0.3) is 0 Å². The molecule has 1 saturated heterocycles. The van der Waals surface area contributed by atoms with Crippen LogP contribution in [0.1, 0.15) is 71.3 Å². The number of likely N-dealkylation sites (tertiary alicyclic amines) is 1. The maximum atomic E-state index is 14.4. The van der Waals surface area contributed by atoms with Crippen LogP contribution in [0.25, 0.3) is 10.8 Å². The summed E-state index contributed by atoms with van der Waals surface area (Å²) in [5.41, 5.74) is -1.20. The Morgan fingerprint density at radius 1 is 1.09 bits per heavy atom. The van der Waals surface area contributed by atoms with E-state index in [4.69, 9.17) is 9.47 Å². The number of ether oxygens (including phenoxy) is 2. The Balaban J connectivity index is 1.39. The zero-order chi connectivity index (χ0) is 32.4. The third kappa shape index (κ3) is 7.32. The largest absolute Gasteiger partial charge is 0.479 e. The molecular weight excluding hydrogens is 574 g/mol. The van der Waals surface area contributed by atoms with Crippen LogP contribution < -0.4 is 10.6 Å². The van der Waals surface area contributed by atoms with Crippen molar-refractivity contribution in [2.45, 2.75) is 102 Å². The molecule has 5 atom stereocenters. The number of aliphatic carboxylic acids is 1. The van der Waals surface area contributed by atoms with Crippen molar-refractivity contribution in [3.63, 3.8) is 0 Å². The maximum absolute atomic E-state index is 14.4. The predicted octanol–water partition coefficient (Wildman–Crippen LogP) is 4.95. The lowest BCUT2D eigenvalue weighted by molar-refractivity contribution is -0.146. The maximum Gasteiger partial charge on any atom is 0.408 e. The van der Waals surface area contributed by atoms with Gasteiger partial charge in [-0.3, -0.25) is 9.59 Å². The third-order valence-corrected chi connectivity index (χ3v) is 9.29. The van der Waals surface area contributed by atoms with E-state index >= 15 is 0 Å². The molecule has 3 amide bonds. The third-order valence-electron chi connectivity index (χ3n) is 9.29. The minimum absolute atomic E-state index is 0.114. The lowest BCUT2D eigenvalue weighted by Gasteiger charge is -2.35. The zero-order valence-corrected chi connectivity index (χ0v) is 26.4. The van der Waals surface area contributed by atoms with Crippen LogP contribution >= 0.6 is 0 Å². The lowest BCUT2D eigenvalue weighted by Crippen LogP contribution is -2.58. The van der Waals surface area contributed by atoms with Crippen molar-refractivity contribution in [2.75, 3.05) is 6.54 Å². The van der Waals surface area contributed by atoms with Gasteiger partial charge in [-0.1, -0.05) is 67.8 Å². The Morgan fingerprint density at radius 2 is 1.80 bits per heavy atom. The second-order valence-corrected chi connectivity index (χ2v) is 13.6. The summed E-state index contributed by atoms with van der Waals surface area (Å²) >= 11 is 0. The van der Waals surface area contributed by atoms with Crippen molar-refractivity contribution in [3.05, 3.63) is 60.7 Å². The van der Waals surface area contributed by atoms with Gasteiger partial charge in [0.2, 0.25) is 11.8 Å². The topological polar surface area (TPSA) is 134 Å². The standard InChI is InChI=1S/C35H45N3O7/c1-5-25-19-35(25,32(41)42)37-30(39)28-18-26(44-21-24-16-11-15-22-12-9-10-17-27(22)24)20-38(28)31(40)29(23-13-7-6-8-14-23)36-33(43)45-34(2,3)4/h5,9-12,15-17,23,25-26,28-29H,1,6-8,13-14,18-21H2,2-4H3,(H,36,43)(H,37,39)(H,41,42)/t25?,26?,28-,29-,35?/m0/s1. The zero-order valence-electron chi connectivity index (χ0n) is 26.4. The highest BCUT2D eigenvalue weighted by molar-refractivity contribution is 5.96. The highest BCUT2D eigenvalue weighted by Crippen LogP contribution is 2.45. The van der Waals surface area contributed by atoms with Crippen molar-refractivity contribution >= 4 is 34.6 Å². The molecule has 3 N–H and O–H groups in total. The number of carboxylic acid groups (broad SMARTS) is 1. The molecule has 0 aromatic heterocycles. The number of hydrogen-bond donors (Lipinski definition) is 3. The minimum atomic E-state index is -1.44. The summed E-state index contributed by atoms with van der Waals surface area (Å²) in [6.45, 7) is 9.40. The van der Waals surface area contributed by atoms with E-state index in [0.29, 0.717) is 0 Å². The molecule has 10 heteroatoms. The molecule has 0 spiro atoms. The van der Waals surface area contributed by atoms with Gasteiger partial charge < -0.3 is 30.1 Å². The first-order valence-corrected chi connectivity index (χ1v) is 16.0. The molecule has 45 heavy (non-hydrogen) atoms. The first kappa shape index (κ1) is 32.5. The summed E-state index contributed by atoms with van der Waals surface area (Å²) in [4.78, 5) is 54.8. The number of alkyl carbamates (subject to hydrolysis) is 1. The second kappa shape index (κ2) is 13.2. The second-order valence-electron chi connectivity index (χ2n) is 13.6. The van der Waals surface area contributed by atoms with E-state index in [-0.39, 0.29) is 37.8 Å². The van der Waals surface area contributed by atoms with Gasteiger partial charge in [0, 0.05) is 18.9 Å². The van der Waals surface area contributed by atoms with E-state index in [2.05, 4.69) is 17.2 Å². The first-order valence-electron chi connectivity index (χ1n) is 16.0. The molecule has 2 aromatic carbocycles. The van der Waals surface area contributed by atoms with Crippen LogP contribution in [0.5, 0.6) is 0 Å². The van der Waals surface area contributed by atoms with Crippen molar-refractivity contribution < 1.29 is 33.8 Å².